The molecular weight excluding hydrogens is 465 g/mol. The highest BCUT2D eigenvalue weighted by Gasteiger charge is 2.14. The van der Waals surface area contributed by atoms with Gasteiger partial charge >= 0.3 is 0 Å². The molecule has 4 aromatic rings. The van der Waals surface area contributed by atoms with E-state index in [1.807, 2.05) is 31.3 Å². The third kappa shape index (κ3) is 4.86. The minimum atomic E-state index is -0.159. The number of nitrogens with zero attached hydrogens (tertiary/aromatic N) is 4. The molecule has 1 N–H and O–H groups in total. The number of hydrogen-bond acceptors (Lipinski definition) is 7. The van der Waals surface area contributed by atoms with Crippen molar-refractivity contribution in [3.05, 3.63) is 58.3 Å². The van der Waals surface area contributed by atoms with E-state index in [1.54, 1.807) is 22.8 Å². The van der Waals surface area contributed by atoms with Gasteiger partial charge in [0.15, 0.2) is 16.1 Å². The second-order valence-electron chi connectivity index (χ2n) is 6.14. The lowest BCUT2D eigenvalue weighted by Gasteiger charge is -2.08. The molecule has 0 unspecified atom stereocenters. The summed E-state index contributed by atoms with van der Waals surface area (Å²) in [5.74, 6) is 1.14. The first-order valence-corrected chi connectivity index (χ1v) is 11.3. The van der Waals surface area contributed by atoms with Crippen molar-refractivity contribution >= 4 is 67.6 Å². The summed E-state index contributed by atoms with van der Waals surface area (Å²) in [6, 6.07) is 12.8. The molecule has 0 aliphatic rings. The van der Waals surface area contributed by atoms with Crippen LogP contribution in [0.15, 0.2) is 47.6 Å². The SMILES string of the molecule is Cn1c(COc2ccc(Cl)cc2Cl)nnc1SCC(=O)Nc1nc2ccccc2s1. The minimum Gasteiger partial charge on any atom is -0.484 e. The number of halogens is 2. The summed E-state index contributed by atoms with van der Waals surface area (Å²) in [4.78, 5) is 16.7. The van der Waals surface area contributed by atoms with Gasteiger partial charge in [-0.3, -0.25) is 4.79 Å². The molecule has 2 heterocycles. The van der Waals surface area contributed by atoms with Crippen LogP contribution in [-0.4, -0.2) is 31.4 Å². The van der Waals surface area contributed by atoms with E-state index in [2.05, 4.69) is 20.5 Å². The van der Waals surface area contributed by atoms with Gasteiger partial charge in [0.2, 0.25) is 5.91 Å². The topological polar surface area (TPSA) is 81.9 Å². The second-order valence-corrected chi connectivity index (χ2v) is 8.96. The smallest absolute Gasteiger partial charge is 0.236 e. The van der Waals surface area contributed by atoms with Crippen molar-refractivity contribution in [2.75, 3.05) is 11.1 Å². The van der Waals surface area contributed by atoms with Crippen molar-refractivity contribution < 1.29 is 9.53 Å². The van der Waals surface area contributed by atoms with Crippen LogP contribution in [0.5, 0.6) is 5.75 Å². The van der Waals surface area contributed by atoms with Gasteiger partial charge in [-0.1, -0.05) is 58.4 Å². The summed E-state index contributed by atoms with van der Waals surface area (Å²) in [7, 11) is 1.82. The molecule has 0 saturated carbocycles. The van der Waals surface area contributed by atoms with Gasteiger partial charge in [-0.25, -0.2) is 4.98 Å². The van der Waals surface area contributed by atoms with E-state index in [1.165, 1.54) is 23.1 Å². The van der Waals surface area contributed by atoms with Crippen LogP contribution in [-0.2, 0) is 18.4 Å². The molecule has 0 spiro atoms. The second kappa shape index (κ2) is 9.22. The molecule has 1 amide bonds. The molecule has 2 aromatic carbocycles. The number of thiazole rings is 1. The molecule has 0 saturated heterocycles. The third-order valence-corrected chi connectivity index (χ3v) is 6.55. The van der Waals surface area contributed by atoms with Crippen LogP contribution in [0.1, 0.15) is 5.82 Å². The van der Waals surface area contributed by atoms with Gasteiger partial charge in [-0.2, -0.15) is 0 Å². The first kappa shape index (κ1) is 20.9. The van der Waals surface area contributed by atoms with E-state index >= 15 is 0 Å². The van der Waals surface area contributed by atoms with Gasteiger partial charge in [0.1, 0.15) is 12.4 Å². The van der Waals surface area contributed by atoms with Gasteiger partial charge in [0.05, 0.1) is 21.0 Å². The lowest BCUT2D eigenvalue weighted by Crippen LogP contribution is -2.14. The fourth-order valence-electron chi connectivity index (χ4n) is 2.54. The third-order valence-electron chi connectivity index (χ3n) is 4.05. The van der Waals surface area contributed by atoms with Gasteiger partial charge in [-0.05, 0) is 30.3 Å². The fraction of sp³-hybridized carbons (Fsp3) is 0.158. The number of thioether (sulfide) groups is 1. The Bertz CT molecular complexity index is 1180. The zero-order chi connectivity index (χ0) is 21.1. The standard InChI is InChI=1S/C19H15Cl2N5O2S2/c1-26-16(9-28-14-7-6-11(20)8-12(14)21)24-25-19(26)29-10-17(27)23-18-22-13-4-2-3-5-15(13)30-18/h2-8H,9-10H2,1H3,(H,22,23,27). The van der Waals surface area contributed by atoms with Gasteiger partial charge in [0, 0.05) is 12.1 Å². The van der Waals surface area contributed by atoms with Crippen LogP contribution in [0, 0.1) is 0 Å². The first-order valence-electron chi connectivity index (χ1n) is 8.74. The summed E-state index contributed by atoms with van der Waals surface area (Å²) >= 11 is 14.7. The Morgan fingerprint density at radius 1 is 1.23 bits per heavy atom. The van der Waals surface area contributed by atoms with E-state index < -0.39 is 0 Å². The molecule has 0 aliphatic heterocycles. The Hall–Kier alpha value is -2.33. The number of para-hydroxylation sites is 1. The molecule has 0 bridgehead atoms. The van der Waals surface area contributed by atoms with Crippen LogP contribution in [0.2, 0.25) is 10.0 Å². The Labute approximate surface area is 190 Å². The normalized spacial score (nSPS) is 11.0. The van der Waals surface area contributed by atoms with Crippen LogP contribution >= 0.6 is 46.3 Å². The number of amides is 1. The number of ether oxygens (including phenoxy) is 1. The van der Waals surface area contributed by atoms with E-state index in [0.29, 0.717) is 31.9 Å². The quantitative estimate of drug-likeness (QED) is 0.373. The monoisotopic (exact) mass is 479 g/mol. The van der Waals surface area contributed by atoms with Crippen LogP contribution in [0.4, 0.5) is 5.13 Å². The van der Waals surface area contributed by atoms with Gasteiger partial charge < -0.3 is 14.6 Å². The predicted molar refractivity (Wildman–Crippen MR) is 121 cm³/mol. The number of benzene rings is 2. The summed E-state index contributed by atoms with van der Waals surface area (Å²) in [6.45, 7) is 0.184. The van der Waals surface area contributed by atoms with Crippen molar-refractivity contribution in [1.82, 2.24) is 19.7 Å². The number of hydrogen-bond donors (Lipinski definition) is 1. The number of aromatic nitrogens is 4. The maximum absolute atomic E-state index is 12.3. The van der Waals surface area contributed by atoms with E-state index in [9.17, 15) is 4.79 Å². The largest absolute Gasteiger partial charge is 0.484 e. The molecule has 0 fully saturated rings. The molecule has 0 atom stereocenters. The number of anilines is 1. The van der Waals surface area contributed by atoms with E-state index in [0.717, 1.165) is 10.2 Å². The molecule has 4 rings (SSSR count). The maximum atomic E-state index is 12.3. The zero-order valence-electron chi connectivity index (χ0n) is 15.6. The maximum Gasteiger partial charge on any atom is 0.236 e. The number of nitrogens with one attached hydrogen (secondary N) is 1. The van der Waals surface area contributed by atoms with Crippen molar-refractivity contribution in [3.8, 4) is 5.75 Å². The number of fused-ring (bicyclic) bond motifs is 1. The number of carbonyl (C=O) groups excluding carboxylic acids is 1. The first-order chi connectivity index (χ1) is 14.5. The van der Waals surface area contributed by atoms with E-state index in [-0.39, 0.29) is 18.3 Å². The van der Waals surface area contributed by atoms with Crippen molar-refractivity contribution in [2.45, 2.75) is 11.8 Å². The molecule has 0 aliphatic carbocycles. The number of carbonyl (C=O) groups is 1. The highest BCUT2D eigenvalue weighted by atomic mass is 35.5. The summed E-state index contributed by atoms with van der Waals surface area (Å²) in [5.41, 5.74) is 0.865. The average Bonchev–Trinajstić information content (AvgIpc) is 3.28. The van der Waals surface area contributed by atoms with Crippen LogP contribution < -0.4 is 10.1 Å². The van der Waals surface area contributed by atoms with Crippen molar-refractivity contribution in [3.63, 3.8) is 0 Å². The lowest BCUT2D eigenvalue weighted by molar-refractivity contribution is -0.113. The Morgan fingerprint density at radius 3 is 2.87 bits per heavy atom. The van der Waals surface area contributed by atoms with Crippen LogP contribution in [0.25, 0.3) is 10.2 Å². The molecule has 2 aromatic heterocycles. The Balaban J connectivity index is 1.32. The lowest BCUT2D eigenvalue weighted by atomic mass is 10.3. The van der Waals surface area contributed by atoms with Crippen LogP contribution in [0.3, 0.4) is 0 Å². The molecule has 0 radical (unpaired) electrons. The van der Waals surface area contributed by atoms with Crippen molar-refractivity contribution in [2.24, 2.45) is 7.05 Å². The summed E-state index contributed by atoms with van der Waals surface area (Å²) in [6.07, 6.45) is 0. The minimum absolute atomic E-state index is 0.159. The molecule has 154 valence electrons. The van der Waals surface area contributed by atoms with Crippen molar-refractivity contribution in [1.29, 1.82) is 0 Å². The van der Waals surface area contributed by atoms with E-state index in [4.69, 9.17) is 27.9 Å². The Morgan fingerprint density at radius 2 is 2.07 bits per heavy atom. The highest BCUT2D eigenvalue weighted by molar-refractivity contribution is 7.99. The summed E-state index contributed by atoms with van der Waals surface area (Å²) < 4.78 is 8.50. The molecule has 30 heavy (non-hydrogen) atoms. The predicted octanol–water partition coefficient (Wildman–Crippen LogP) is 5.04. The molecular formula is C19H15Cl2N5O2S2. The average molecular weight is 480 g/mol. The number of rotatable bonds is 7. The Kier molecular flexibility index (Phi) is 6.43. The zero-order valence-corrected chi connectivity index (χ0v) is 18.8. The highest BCUT2D eigenvalue weighted by Crippen LogP contribution is 2.28. The van der Waals surface area contributed by atoms with Gasteiger partial charge in [0.25, 0.3) is 0 Å². The molecule has 7 nitrogen and oxygen atoms in total. The summed E-state index contributed by atoms with van der Waals surface area (Å²) in [5, 5.41) is 13.2. The fourth-order valence-corrected chi connectivity index (χ4v) is 4.62. The molecule has 11 heteroatoms. The van der Waals surface area contributed by atoms with Gasteiger partial charge in [-0.15, -0.1) is 10.2 Å².